The summed E-state index contributed by atoms with van der Waals surface area (Å²) in [5.41, 5.74) is -5.92. The summed E-state index contributed by atoms with van der Waals surface area (Å²) in [5.74, 6) is -0.974. The zero-order valence-corrected chi connectivity index (χ0v) is 15.6. The van der Waals surface area contributed by atoms with Crippen molar-refractivity contribution in [3.05, 3.63) is 29.8 Å². The largest absolute Gasteiger partial charge is 0.534 e. The number of rotatable bonds is 3. The van der Waals surface area contributed by atoms with E-state index in [0.717, 1.165) is 17.0 Å². The first-order chi connectivity index (χ1) is 12.2. The molecule has 1 atom stereocenters. The van der Waals surface area contributed by atoms with Crippen molar-refractivity contribution in [2.45, 2.75) is 50.8 Å². The number of hydrogen-bond donors (Lipinski definition) is 0. The quantitative estimate of drug-likeness (QED) is 0.561. The molecule has 1 aromatic carbocycles. The van der Waals surface area contributed by atoms with Crippen molar-refractivity contribution < 1.29 is 40.1 Å². The summed E-state index contributed by atoms with van der Waals surface area (Å²) in [6.07, 6.45) is -0.418. The van der Waals surface area contributed by atoms with E-state index in [9.17, 15) is 31.2 Å². The summed E-state index contributed by atoms with van der Waals surface area (Å²) in [5, 5.41) is 0. The van der Waals surface area contributed by atoms with Crippen molar-refractivity contribution in [2.24, 2.45) is 0 Å². The Balaban J connectivity index is 2.20. The predicted molar refractivity (Wildman–Crippen MR) is 87.1 cm³/mol. The summed E-state index contributed by atoms with van der Waals surface area (Å²) in [6.45, 7) is 4.94. The molecule has 27 heavy (non-hydrogen) atoms. The van der Waals surface area contributed by atoms with Gasteiger partial charge in [0.05, 0.1) is 6.04 Å². The molecule has 11 heteroatoms. The van der Waals surface area contributed by atoms with Gasteiger partial charge in [0.1, 0.15) is 11.4 Å². The molecule has 1 saturated heterocycles. The van der Waals surface area contributed by atoms with Crippen LogP contribution in [0.15, 0.2) is 24.3 Å². The third kappa shape index (κ3) is 4.90. The monoisotopic (exact) mass is 409 g/mol. The van der Waals surface area contributed by atoms with Gasteiger partial charge in [-0.1, -0.05) is 12.1 Å². The predicted octanol–water partition coefficient (Wildman–Crippen LogP) is 3.51. The third-order valence-electron chi connectivity index (χ3n) is 3.56. The van der Waals surface area contributed by atoms with E-state index in [1.165, 1.54) is 12.1 Å². The number of hydrogen-bond acceptors (Lipinski definition) is 6. The second-order valence-electron chi connectivity index (χ2n) is 6.85. The van der Waals surface area contributed by atoms with E-state index in [1.807, 2.05) is 0 Å². The number of carbonyl (C=O) groups is 2. The first-order valence-electron chi connectivity index (χ1n) is 7.87. The minimum absolute atomic E-state index is 0.102. The smallest absolute Gasteiger partial charge is 0.443 e. The number of amides is 2. The SMILES string of the molecule is CC(C)(C)OC(=O)N1C(=O)CC[C@@H]1c1ccc(OS(=O)(=O)C(F)(F)F)cc1. The number of halogens is 3. The van der Waals surface area contributed by atoms with Crippen LogP contribution in [0.25, 0.3) is 0 Å². The Morgan fingerprint density at radius 1 is 1.15 bits per heavy atom. The van der Waals surface area contributed by atoms with Gasteiger partial charge in [-0.15, -0.1) is 0 Å². The summed E-state index contributed by atoms with van der Waals surface area (Å²) in [4.78, 5) is 25.3. The maximum Gasteiger partial charge on any atom is 0.534 e. The van der Waals surface area contributed by atoms with Crippen LogP contribution in [0.5, 0.6) is 5.75 Å². The third-order valence-corrected chi connectivity index (χ3v) is 4.54. The Morgan fingerprint density at radius 2 is 1.70 bits per heavy atom. The van der Waals surface area contributed by atoms with Gasteiger partial charge < -0.3 is 8.92 Å². The van der Waals surface area contributed by atoms with Crippen molar-refractivity contribution in [3.63, 3.8) is 0 Å². The van der Waals surface area contributed by atoms with Crippen LogP contribution in [0.4, 0.5) is 18.0 Å². The lowest BCUT2D eigenvalue weighted by Crippen LogP contribution is -2.38. The van der Waals surface area contributed by atoms with Gasteiger partial charge in [0, 0.05) is 6.42 Å². The number of benzene rings is 1. The molecule has 0 aliphatic carbocycles. The number of likely N-dealkylation sites (tertiary alicyclic amines) is 1. The van der Waals surface area contributed by atoms with Gasteiger partial charge in [-0.3, -0.25) is 4.79 Å². The molecule has 150 valence electrons. The maximum atomic E-state index is 12.4. The zero-order chi connectivity index (χ0) is 20.6. The second kappa shape index (κ2) is 7.02. The molecule has 1 heterocycles. The minimum Gasteiger partial charge on any atom is -0.443 e. The summed E-state index contributed by atoms with van der Waals surface area (Å²) in [6, 6.07) is 3.97. The average molecular weight is 409 g/mol. The van der Waals surface area contributed by atoms with Gasteiger partial charge in [0.2, 0.25) is 5.91 Å². The van der Waals surface area contributed by atoms with E-state index in [4.69, 9.17) is 4.74 Å². The molecule has 1 aromatic rings. The molecule has 1 aliphatic rings. The first-order valence-corrected chi connectivity index (χ1v) is 9.28. The maximum absolute atomic E-state index is 12.4. The molecular formula is C16H18F3NO6S. The van der Waals surface area contributed by atoms with Gasteiger partial charge in [-0.2, -0.15) is 21.6 Å². The number of carbonyl (C=O) groups excluding carboxylic acids is 2. The Kier molecular flexibility index (Phi) is 5.46. The van der Waals surface area contributed by atoms with Crippen LogP contribution in [0.2, 0.25) is 0 Å². The molecule has 1 fully saturated rings. The van der Waals surface area contributed by atoms with Crippen molar-refractivity contribution in [1.82, 2.24) is 4.90 Å². The second-order valence-corrected chi connectivity index (χ2v) is 8.39. The van der Waals surface area contributed by atoms with Crippen LogP contribution in [0.3, 0.4) is 0 Å². The fourth-order valence-corrected chi connectivity index (χ4v) is 2.92. The Morgan fingerprint density at radius 3 is 2.19 bits per heavy atom. The molecule has 0 unspecified atom stereocenters. The Bertz CT molecular complexity index is 827. The summed E-state index contributed by atoms with van der Waals surface area (Å²) < 4.78 is 68.3. The summed E-state index contributed by atoms with van der Waals surface area (Å²) in [7, 11) is -5.77. The molecule has 7 nitrogen and oxygen atoms in total. The van der Waals surface area contributed by atoms with Crippen molar-refractivity contribution in [1.29, 1.82) is 0 Å². The molecule has 0 radical (unpaired) electrons. The highest BCUT2D eigenvalue weighted by Gasteiger charge is 2.48. The van der Waals surface area contributed by atoms with Gasteiger partial charge >= 0.3 is 21.7 Å². The highest BCUT2D eigenvalue weighted by Crippen LogP contribution is 2.35. The van der Waals surface area contributed by atoms with E-state index < -0.39 is 45.0 Å². The topological polar surface area (TPSA) is 90.0 Å². The van der Waals surface area contributed by atoms with Gasteiger partial charge in [0.25, 0.3) is 0 Å². The van der Waals surface area contributed by atoms with E-state index in [-0.39, 0.29) is 6.42 Å². The summed E-state index contributed by atoms with van der Waals surface area (Å²) >= 11 is 0. The highest BCUT2D eigenvalue weighted by molar-refractivity contribution is 7.88. The highest BCUT2D eigenvalue weighted by atomic mass is 32.2. The lowest BCUT2D eigenvalue weighted by molar-refractivity contribution is -0.128. The van der Waals surface area contributed by atoms with Crippen molar-refractivity contribution in [3.8, 4) is 5.75 Å². The molecule has 0 saturated carbocycles. The first kappa shape index (κ1) is 21.0. The fourth-order valence-electron chi connectivity index (χ4n) is 2.46. The number of alkyl halides is 3. The van der Waals surface area contributed by atoms with Crippen molar-refractivity contribution in [2.75, 3.05) is 0 Å². The van der Waals surface area contributed by atoms with Gasteiger partial charge in [-0.25, -0.2) is 9.69 Å². The fraction of sp³-hybridized carbons (Fsp3) is 0.500. The van der Waals surface area contributed by atoms with E-state index in [1.54, 1.807) is 20.8 Å². The van der Waals surface area contributed by atoms with Crippen LogP contribution in [-0.4, -0.2) is 36.4 Å². The number of nitrogens with zero attached hydrogens (tertiary/aromatic N) is 1. The molecule has 1 aliphatic heterocycles. The Hall–Kier alpha value is -2.30. The minimum atomic E-state index is -5.77. The number of imide groups is 1. The van der Waals surface area contributed by atoms with Crippen LogP contribution in [0, 0.1) is 0 Å². The molecule has 2 rings (SSSR count). The average Bonchev–Trinajstić information content (AvgIpc) is 2.86. The van der Waals surface area contributed by atoms with Crippen LogP contribution in [-0.2, 0) is 19.6 Å². The molecular weight excluding hydrogens is 391 g/mol. The zero-order valence-electron chi connectivity index (χ0n) is 14.7. The van der Waals surface area contributed by atoms with Crippen molar-refractivity contribution >= 4 is 22.1 Å². The van der Waals surface area contributed by atoms with Gasteiger partial charge in [-0.05, 0) is 44.9 Å². The molecule has 2 amide bonds. The van der Waals surface area contributed by atoms with Gasteiger partial charge in [0.15, 0.2) is 0 Å². The normalized spacial score (nSPS) is 18.5. The van der Waals surface area contributed by atoms with Crippen LogP contribution >= 0.6 is 0 Å². The van der Waals surface area contributed by atoms with E-state index in [2.05, 4.69) is 4.18 Å². The molecule has 0 aromatic heterocycles. The molecule has 0 bridgehead atoms. The number of ether oxygens (including phenoxy) is 1. The van der Waals surface area contributed by atoms with E-state index in [0.29, 0.717) is 12.0 Å². The Labute approximate surface area is 154 Å². The van der Waals surface area contributed by atoms with E-state index >= 15 is 0 Å². The lowest BCUT2D eigenvalue weighted by atomic mass is 10.0. The van der Waals surface area contributed by atoms with Crippen LogP contribution < -0.4 is 4.18 Å². The van der Waals surface area contributed by atoms with Crippen LogP contribution in [0.1, 0.15) is 45.2 Å². The molecule has 0 N–H and O–H groups in total. The standard InChI is InChI=1S/C16H18F3NO6S/c1-15(2,3)25-14(22)20-12(8-9-13(20)21)10-4-6-11(7-5-10)26-27(23,24)16(17,18)19/h4-7,12H,8-9H2,1-3H3/t12-/m1/s1. The molecule has 0 spiro atoms. The lowest BCUT2D eigenvalue weighted by Gasteiger charge is -2.27.